The minimum absolute atomic E-state index is 0.145. The van der Waals surface area contributed by atoms with Gasteiger partial charge in [0.05, 0.1) is 6.54 Å². The molecule has 0 radical (unpaired) electrons. The number of carboxylic acid groups (broad SMARTS) is 1. The molecular weight excluding hydrogens is 340 g/mol. The van der Waals surface area contributed by atoms with Crippen molar-refractivity contribution in [2.24, 2.45) is 0 Å². The Morgan fingerprint density at radius 1 is 1.30 bits per heavy atom. The molecule has 1 atom stereocenters. The van der Waals surface area contributed by atoms with Crippen molar-refractivity contribution >= 4 is 5.97 Å². The first kappa shape index (κ1) is 19.6. The Hall–Kier alpha value is -2.18. The van der Waals surface area contributed by atoms with Gasteiger partial charge in [-0.25, -0.2) is 4.98 Å². The molecule has 1 saturated heterocycles. The molecule has 2 heterocycles. The predicted molar refractivity (Wildman–Crippen MR) is 106 cm³/mol. The molecular formula is C21H30N4O2. The smallest absolute Gasteiger partial charge is 0.317 e. The third kappa shape index (κ3) is 4.57. The zero-order chi connectivity index (χ0) is 19.4. The van der Waals surface area contributed by atoms with Crippen molar-refractivity contribution in [1.29, 1.82) is 0 Å². The second-order valence-electron chi connectivity index (χ2n) is 7.34. The molecule has 0 spiro atoms. The summed E-state index contributed by atoms with van der Waals surface area (Å²) >= 11 is 0. The van der Waals surface area contributed by atoms with Crippen molar-refractivity contribution in [3.05, 3.63) is 48.0 Å². The van der Waals surface area contributed by atoms with Crippen LogP contribution in [0.5, 0.6) is 0 Å². The number of hydrogen-bond acceptors (Lipinski definition) is 4. The summed E-state index contributed by atoms with van der Waals surface area (Å²) < 4.78 is 2.09. The van der Waals surface area contributed by atoms with Gasteiger partial charge < -0.3 is 9.67 Å². The molecule has 0 aliphatic carbocycles. The van der Waals surface area contributed by atoms with E-state index in [9.17, 15) is 4.79 Å². The second kappa shape index (κ2) is 8.67. The van der Waals surface area contributed by atoms with Gasteiger partial charge in [0.15, 0.2) is 0 Å². The van der Waals surface area contributed by atoms with Crippen LogP contribution < -0.4 is 0 Å². The Kier molecular flexibility index (Phi) is 6.29. The number of likely N-dealkylation sites (tertiary alicyclic amines) is 1. The quantitative estimate of drug-likeness (QED) is 0.811. The van der Waals surface area contributed by atoms with Gasteiger partial charge in [0.2, 0.25) is 0 Å². The average molecular weight is 370 g/mol. The van der Waals surface area contributed by atoms with Gasteiger partial charge in [0.25, 0.3) is 0 Å². The number of rotatable bonds is 7. The monoisotopic (exact) mass is 370 g/mol. The highest BCUT2D eigenvalue weighted by Gasteiger charge is 2.27. The molecule has 146 valence electrons. The molecule has 1 aromatic heterocycles. The van der Waals surface area contributed by atoms with E-state index in [0.717, 1.165) is 44.0 Å². The summed E-state index contributed by atoms with van der Waals surface area (Å²) in [5.41, 5.74) is 2.44. The Labute approximate surface area is 161 Å². The molecule has 6 heteroatoms. The number of imidazole rings is 1. The molecule has 3 rings (SSSR count). The number of benzene rings is 1. The fourth-order valence-corrected chi connectivity index (χ4v) is 4.09. The Bertz CT molecular complexity index is 748. The lowest BCUT2D eigenvalue weighted by atomic mass is 9.99. The summed E-state index contributed by atoms with van der Waals surface area (Å²) in [4.78, 5) is 19.9. The third-order valence-corrected chi connectivity index (χ3v) is 5.79. The zero-order valence-corrected chi connectivity index (χ0v) is 16.5. The number of aryl methyl sites for hydroxylation is 1. The summed E-state index contributed by atoms with van der Waals surface area (Å²) in [5.74, 6) is 0.251. The lowest BCUT2D eigenvalue weighted by Crippen LogP contribution is -2.47. The van der Waals surface area contributed by atoms with Crippen molar-refractivity contribution in [2.45, 2.75) is 45.7 Å². The van der Waals surface area contributed by atoms with E-state index in [1.807, 2.05) is 26.2 Å². The number of nitrogens with zero attached hydrogens (tertiary/aromatic N) is 4. The van der Waals surface area contributed by atoms with Crippen LogP contribution in [0.3, 0.4) is 0 Å². The summed E-state index contributed by atoms with van der Waals surface area (Å²) in [6.07, 6.45) is 5.85. The first-order valence-electron chi connectivity index (χ1n) is 9.79. The van der Waals surface area contributed by atoms with Gasteiger partial charge >= 0.3 is 5.97 Å². The maximum Gasteiger partial charge on any atom is 0.317 e. The van der Waals surface area contributed by atoms with Gasteiger partial charge in [-0.2, -0.15) is 0 Å². The highest BCUT2D eigenvalue weighted by Crippen LogP contribution is 2.27. The van der Waals surface area contributed by atoms with Crippen LogP contribution >= 0.6 is 0 Å². The Morgan fingerprint density at radius 2 is 1.96 bits per heavy atom. The number of aliphatic carboxylic acids is 1. The van der Waals surface area contributed by atoms with Crippen molar-refractivity contribution in [1.82, 2.24) is 19.4 Å². The Morgan fingerprint density at radius 3 is 2.48 bits per heavy atom. The highest BCUT2D eigenvalue weighted by atomic mass is 16.4. The van der Waals surface area contributed by atoms with E-state index in [-0.39, 0.29) is 6.54 Å². The lowest BCUT2D eigenvalue weighted by Gasteiger charge is -2.40. The molecule has 27 heavy (non-hydrogen) atoms. The zero-order valence-electron chi connectivity index (χ0n) is 16.5. The van der Waals surface area contributed by atoms with Gasteiger partial charge in [0, 0.05) is 43.3 Å². The van der Waals surface area contributed by atoms with E-state index >= 15 is 0 Å². The molecule has 0 saturated carbocycles. The Balaban J connectivity index is 1.60. The number of piperidine rings is 1. The van der Waals surface area contributed by atoms with E-state index in [2.05, 4.69) is 50.5 Å². The van der Waals surface area contributed by atoms with E-state index in [0.29, 0.717) is 12.1 Å². The standard InChI is InChI=1S/C21H30N4O2/c1-4-23(15-21(26)27)19-9-12-24(13-10-19)16(2)18-5-7-20(8-6-18)25-14-11-22-17(25)3/h5-8,11,14,16,19H,4,9-10,12-13,15H2,1-3H3,(H,26,27). The molecule has 1 aliphatic heterocycles. The van der Waals surface area contributed by atoms with Crippen LogP contribution in [-0.2, 0) is 4.79 Å². The van der Waals surface area contributed by atoms with Gasteiger partial charge in [-0.1, -0.05) is 19.1 Å². The second-order valence-corrected chi connectivity index (χ2v) is 7.34. The van der Waals surface area contributed by atoms with Gasteiger partial charge in [-0.05, 0) is 50.9 Å². The van der Waals surface area contributed by atoms with Crippen molar-refractivity contribution in [2.75, 3.05) is 26.2 Å². The third-order valence-electron chi connectivity index (χ3n) is 5.79. The fourth-order valence-electron chi connectivity index (χ4n) is 4.09. The first-order valence-corrected chi connectivity index (χ1v) is 9.79. The average Bonchev–Trinajstić information content (AvgIpc) is 3.11. The maximum atomic E-state index is 11.0. The number of aromatic nitrogens is 2. The summed E-state index contributed by atoms with van der Waals surface area (Å²) in [5, 5.41) is 9.08. The van der Waals surface area contributed by atoms with Crippen LogP contribution in [0.15, 0.2) is 36.7 Å². The van der Waals surface area contributed by atoms with Crippen LogP contribution in [0.1, 0.15) is 44.1 Å². The number of carboxylic acids is 1. The molecule has 1 unspecified atom stereocenters. The predicted octanol–water partition coefficient (Wildman–Crippen LogP) is 3.11. The van der Waals surface area contributed by atoms with Crippen LogP contribution in [-0.4, -0.2) is 62.6 Å². The van der Waals surface area contributed by atoms with Crippen molar-refractivity contribution < 1.29 is 9.90 Å². The molecule has 1 aromatic carbocycles. The van der Waals surface area contributed by atoms with Crippen LogP contribution in [0.4, 0.5) is 0 Å². The minimum Gasteiger partial charge on any atom is -0.480 e. The molecule has 0 bridgehead atoms. The number of likely N-dealkylation sites (N-methyl/N-ethyl adjacent to an activating group) is 1. The largest absolute Gasteiger partial charge is 0.480 e. The van der Waals surface area contributed by atoms with Crippen molar-refractivity contribution in [3.63, 3.8) is 0 Å². The SMILES string of the molecule is CCN(CC(=O)O)C1CCN(C(C)c2ccc(-n3ccnc3C)cc2)CC1. The number of hydrogen-bond donors (Lipinski definition) is 1. The summed E-state index contributed by atoms with van der Waals surface area (Å²) in [6, 6.07) is 9.44. The van der Waals surface area contributed by atoms with E-state index < -0.39 is 5.97 Å². The first-order chi connectivity index (χ1) is 13.0. The van der Waals surface area contributed by atoms with Gasteiger partial charge in [0.1, 0.15) is 5.82 Å². The van der Waals surface area contributed by atoms with E-state index in [4.69, 9.17) is 5.11 Å². The minimum atomic E-state index is -0.735. The molecule has 1 N–H and O–H groups in total. The molecule has 1 aliphatic rings. The topological polar surface area (TPSA) is 61.6 Å². The van der Waals surface area contributed by atoms with Crippen LogP contribution in [0.25, 0.3) is 5.69 Å². The van der Waals surface area contributed by atoms with E-state index in [1.165, 1.54) is 5.56 Å². The number of carbonyl (C=O) groups is 1. The van der Waals surface area contributed by atoms with E-state index in [1.54, 1.807) is 0 Å². The fraction of sp³-hybridized carbons (Fsp3) is 0.524. The summed E-state index contributed by atoms with van der Waals surface area (Å²) in [6.45, 7) is 9.25. The molecule has 0 amide bonds. The van der Waals surface area contributed by atoms with Crippen LogP contribution in [0.2, 0.25) is 0 Å². The molecule has 1 fully saturated rings. The molecule has 6 nitrogen and oxygen atoms in total. The van der Waals surface area contributed by atoms with Crippen LogP contribution in [0, 0.1) is 6.92 Å². The maximum absolute atomic E-state index is 11.0. The molecule has 2 aromatic rings. The highest BCUT2D eigenvalue weighted by molar-refractivity contribution is 5.69. The van der Waals surface area contributed by atoms with Crippen molar-refractivity contribution in [3.8, 4) is 5.69 Å². The van der Waals surface area contributed by atoms with Gasteiger partial charge in [-0.15, -0.1) is 0 Å². The summed E-state index contributed by atoms with van der Waals surface area (Å²) in [7, 11) is 0. The van der Waals surface area contributed by atoms with Gasteiger partial charge in [-0.3, -0.25) is 14.6 Å². The lowest BCUT2D eigenvalue weighted by molar-refractivity contribution is -0.139. The normalized spacial score (nSPS) is 17.3.